The van der Waals surface area contributed by atoms with Crippen molar-refractivity contribution < 1.29 is 14.3 Å². The molecule has 0 aliphatic carbocycles. The van der Waals surface area contributed by atoms with Crippen molar-refractivity contribution in [2.45, 2.75) is 31.7 Å². The number of nitrogens with zero attached hydrogens (tertiary/aromatic N) is 2. The van der Waals surface area contributed by atoms with E-state index < -0.39 is 0 Å². The Morgan fingerprint density at radius 3 is 2.84 bits per heavy atom. The Morgan fingerprint density at radius 2 is 2.06 bits per heavy atom. The molecule has 32 heavy (non-hydrogen) atoms. The van der Waals surface area contributed by atoms with Crippen LogP contribution in [-0.2, 0) is 17.6 Å². The van der Waals surface area contributed by atoms with Gasteiger partial charge >= 0.3 is 0 Å². The Bertz CT molecular complexity index is 1060. The van der Waals surface area contributed by atoms with Gasteiger partial charge < -0.3 is 24.3 Å². The van der Waals surface area contributed by atoms with Crippen molar-refractivity contribution in [3.05, 3.63) is 59.3 Å². The molecule has 0 radical (unpaired) electrons. The number of nitrogens with one attached hydrogen (secondary N) is 1. The van der Waals surface area contributed by atoms with E-state index in [1.165, 1.54) is 27.6 Å². The average molecular weight is 436 g/mol. The van der Waals surface area contributed by atoms with Crippen LogP contribution in [0.25, 0.3) is 10.9 Å². The lowest BCUT2D eigenvalue weighted by molar-refractivity contribution is -0.120. The molecule has 1 atom stereocenters. The number of rotatable bonds is 10. The summed E-state index contributed by atoms with van der Waals surface area (Å²) in [4.78, 5) is 19.2. The number of ether oxygens (including phenoxy) is 2. The molecule has 4 rings (SSSR count). The Hall–Kier alpha value is -2.99. The van der Waals surface area contributed by atoms with Gasteiger partial charge in [0, 0.05) is 30.2 Å². The number of carbonyl (C=O) groups is 1. The van der Waals surface area contributed by atoms with Crippen LogP contribution in [0.1, 0.15) is 35.6 Å². The molecule has 1 aliphatic heterocycles. The van der Waals surface area contributed by atoms with Crippen molar-refractivity contribution in [2.24, 2.45) is 0 Å². The molecule has 1 N–H and O–H groups in total. The summed E-state index contributed by atoms with van der Waals surface area (Å²) >= 11 is 0. The van der Waals surface area contributed by atoms with Gasteiger partial charge in [-0.05, 0) is 74.7 Å². The van der Waals surface area contributed by atoms with Crippen molar-refractivity contribution in [1.82, 2.24) is 14.8 Å². The molecule has 0 unspecified atom stereocenters. The summed E-state index contributed by atoms with van der Waals surface area (Å²) < 4.78 is 11.7. The largest absolute Gasteiger partial charge is 0.493 e. The summed E-state index contributed by atoms with van der Waals surface area (Å²) in [7, 11) is 5.73. The first-order chi connectivity index (χ1) is 15.6. The Labute approximate surface area is 190 Å². The number of fused-ring (bicyclic) bond motifs is 2. The molecule has 2 aromatic carbocycles. The van der Waals surface area contributed by atoms with Crippen LogP contribution in [0.2, 0.25) is 0 Å². The van der Waals surface area contributed by atoms with E-state index in [1.54, 1.807) is 7.11 Å². The van der Waals surface area contributed by atoms with Gasteiger partial charge in [0.25, 0.3) is 0 Å². The average Bonchev–Trinajstić information content (AvgIpc) is 3.21. The summed E-state index contributed by atoms with van der Waals surface area (Å²) in [6.07, 6.45) is 6.83. The second-order valence-corrected chi connectivity index (χ2v) is 8.71. The molecule has 1 amide bonds. The van der Waals surface area contributed by atoms with Gasteiger partial charge in [-0.15, -0.1) is 0 Å². The number of aryl methyl sites for hydroxylation is 1. The number of methoxy groups -OCH3 is 1. The van der Waals surface area contributed by atoms with Gasteiger partial charge in [-0.25, -0.2) is 0 Å². The van der Waals surface area contributed by atoms with Crippen LogP contribution in [0.4, 0.5) is 0 Å². The summed E-state index contributed by atoms with van der Waals surface area (Å²) in [5.74, 6) is 1.52. The fraction of sp³-hybridized carbons (Fsp3) is 0.423. The lowest BCUT2D eigenvalue weighted by Gasteiger charge is -2.35. The van der Waals surface area contributed by atoms with Crippen LogP contribution in [0.15, 0.2) is 42.6 Å². The summed E-state index contributed by atoms with van der Waals surface area (Å²) in [6, 6.07) is 12.6. The molecular weight excluding hydrogens is 402 g/mol. The molecular formula is C26H33N3O3. The second-order valence-electron chi connectivity index (χ2n) is 8.71. The zero-order chi connectivity index (χ0) is 22.5. The third-order valence-electron chi connectivity index (χ3n) is 6.35. The highest BCUT2D eigenvalue weighted by atomic mass is 16.5. The van der Waals surface area contributed by atoms with Gasteiger partial charge in [-0.2, -0.15) is 0 Å². The molecule has 1 aliphatic rings. The van der Waals surface area contributed by atoms with Crippen LogP contribution < -0.4 is 9.47 Å². The minimum atomic E-state index is 0.0589. The number of aromatic nitrogens is 1. The van der Waals surface area contributed by atoms with E-state index in [2.05, 4.69) is 52.5 Å². The summed E-state index contributed by atoms with van der Waals surface area (Å²) in [5.41, 5.74) is 4.93. The van der Waals surface area contributed by atoms with E-state index in [0.29, 0.717) is 6.61 Å². The molecule has 6 nitrogen and oxygen atoms in total. The number of H-pyrrole nitrogens is 1. The van der Waals surface area contributed by atoms with Crippen molar-refractivity contribution in [2.75, 3.05) is 40.9 Å². The van der Waals surface area contributed by atoms with Gasteiger partial charge in [0.1, 0.15) is 6.61 Å². The van der Waals surface area contributed by atoms with E-state index in [0.717, 1.165) is 56.7 Å². The van der Waals surface area contributed by atoms with Crippen LogP contribution >= 0.6 is 0 Å². The predicted octanol–water partition coefficient (Wildman–Crippen LogP) is 4.20. The number of hydrogen-bond donors (Lipinski definition) is 1. The van der Waals surface area contributed by atoms with Crippen molar-refractivity contribution in [3.8, 4) is 11.5 Å². The second kappa shape index (κ2) is 10.1. The summed E-state index contributed by atoms with van der Waals surface area (Å²) in [5, 5.41) is 1.28. The van der Waals surface area contributed by atoms with Crippen LogP contribution in [-0.4, -0.2) is 62.1 Å². The summed E-state index contributed by atoms with van der Waals surface area (Å²) in [6.45, 7) is 2.15. The zero-order valence-electron chi connectivity index (χ0n) is 19.3. The fourth-order valence-corrected chi connectivity index (χ4v) is 4.61. The quantitative estimate of drug-likeness (QED) is 0.485. The standard InChI is InChI=1S/C26H33N3O3/c1-28(2)13-14-32-26-16-22-19(15-25(26)31-3)11-12-29(18-30)24(22)10-6-7-20-17-27-23-9-5-4-8-21(20)23/h4-5,8-9,15-18,24,27H,6-7,10-14H2,1-3H3/t24-/m0/s1. The van der Waals surface area contributed by atoms with E-state index in [9.17, 15) is 4.79 Å². The molecule has 0 fully saturated rings. The first-order valence-electron chi connectivity index (χ1n) is 11.3. The van der Waals surface area contributed by atoms with Gasteiger partial charge in [-0.3, -0.25) is 4.79 Å². The van der Waals surface area contributed by atoms with E-state index in [1.807, 2.05) is 19.0 Å². The predicted molar refractivity (Wildman–Crippen MR) is 127 cm³/mol. The third kappa shape index (κ3) is 4.75. The van der Waals surface area contributed by atoms with Gasteiger partial charge in [0.05, 0.1) is 13.2 Å². The molecule has 0 bridgehead atoms. The van der Waals surface area contributed by atoms with Crippen molar-refractivity contribution in [1.29, 1.82) is 0 Å². The maximum absolute atomic E-state index is 11.9. The highest BCUT2D eigenvalue weighted by molar-refractivity contribution is 5.83. The first kappa shape index (κ1) is 22.2. The highest BCUT2D eigenvalue weighted by Crippen LogP contribution is 2.39. The number of amides is 1. The first-order valence-corrected chi connectivity index (χ1v) is 11.3. The normalized spacial score (nSPS) is 15.8. The Morgan fingerprint density at radius 1 is 1.22 bits per heavy atom. The monoisotopic (exact) mass is 435 g/mol. The number of hydrogen-bond acceptors (Lipinski definition) is 4. The molecule has 0 spiro atoms. The van der Waals surface area contributed by atoms with Crippen LogP contribution in [0, 0.1) is 0 Å². The number of benzene rings is 2. The SMILES string of the molecule is COc1cc2c(cc1OCCN(C)C)[C@H](CCCc1c[nH]c3ccccc13)N(C=O)CC2. The molecule has 2 heterocycles. The maximum Gasteiger partial charge on any atom is 0.210 e. The van der Waals surface area contributed by atoms with Gasteiger partial charge in [0.15, 0.2) is 11.5 Å². The Balaban J connectivity index is 1.52. The smallest absolute Gasteiger partial charge is 0.210 e. The van der Waals surface area contributed by atoms with E-state index >= 15 is 0 Å². The van der Waals surface area contributed by atoms with Crippen LogP contribution in [0.5, 0.6) is 11.5 Å². The molecule has 1 aromatic heterocycles. The van der Waals surface area contributed by atoms with Gasteiger partial charge in [0.2, 0.25) is 6.41 Å². The van der Waals surface area contributed by atoms with Crippen LogP contribution in [0.3, 0.4) is 0 Å². The molecule has 3 aromatic rings. The topological polar surface area (TPSA) is 57.8 Å². The minimum absolute atomic E-state index is 0.0589. The number of carbonyl (C=O) groups excluding carboxylic acids is 1. The molecule has 0 saturated carbocycles. The lowest BCUT2D eigenvalue weighted by atomic mass is 9.89. The zero-order valence-corrected chi connectivity index (χ0v) is 19.3. The van der Waals surface area contributed by atoms with Crippen molar-refractivity contribution in [3.63, 3.8) is 0 Å². The fourth-order valence-electron chi connectivity index (χ4n) is 4.61. The molecule has 170 valence electrons. The molecule has 6 heteroatoms. The molecule has 0 saturated heterocycles. The number of likely N-dealkylation sites (N-methyl/N-ethyl adjacent to an activating group) is 1. The highest BCUT2D eigenvalue weighted by Gasteiger charge is 2.28. The number of para-hydroxylation sites is 1. The lowest BCUT2D eigenvalue weighted by Crippen LogP contribution is -2.34. The van der Waals surface area contributed by atoms with E-state index in [-0.39, 0.29) is 6.04 Å². The van der Waals surface area contributed by atoms with Crippen molar-refractivity contribution >= 4 is 17.3 Å². The minimum Gasteiger partial charge on any atom is -0.493 e. The Kier molecular flexibility index (Phi) is 7.00. The van der Waals surface area contributed by atoms with E-state index in [4.69, 9.17) is 9.47 Å². The maximum atomic E-state index is 11.9. The van der Waals surface area contributed by atoms with Gasteiger partial charge in [-0.1, -0.05) is 18.2 Å². The number of aromatic amines is 1. The third-order valence-corrected chi connectivity index (χ3v) is 6.35.